The minimum absolute atomic E-state index is 0.218. The van der Waals surface area contributed by atoms with E-state index in [9.17, 15) is 22.8 Å². The number of rotatable bonds is 6. The van der Waals surface area contributed by atoms with Gasteiger partial charge in [0.15, 0.2) is 0 Å². The van der Waals surface area contributed by atoms with E-state index in [0.29, 0.717) is 11.1 Å². The van der Waals surface area contributed by atoms with Gasteiger partial charge in [-0.05, 0) is 42.0 Å². The van der Waals surface area contributed by atoms with Crippen LogP contribution in [-0.4, -0.2) is 31.8 Å². The van der Waals surface area contributed by atoms with Crippen LogP contribution in [0.1, 0.15) is 26.3 Å². The Balaban J connectivity index is 1.92. The van der Waals surface area contributed by atoms with Gasteiger partial charge >= 0.3 is 18.1 Å². The lowest BCUT2D eigenvalue weighted by atomic mass is 10.1. The number of benzene rings is 2. The van der Waals surface area contributed by atoms with Crippen molar-refractivity contribution in [1.29, 1.82) is 0 Å². The third-order valence-corrected chi connectivity index (χ3v) is 3.21. The summed E-state index contributed by atoms with van der Waals surface area (Å²) in [4.78, 5) is 23.4. The predicted molar refractivity (Wildman–Crippen MR) is 84.9 cm³/mol. The van der Waals surface area contributed by atoms with Crippen molar-refractivity contribution in [2.24, 2.45) is 0 Å². The number of hydrogen-bond acceptors (Lipinski definition) is 5. The van der Waals surface area contributed by atoms with Crippen LogP contribution in [-0.2, 0) is 16.1 Å². The van der Waals surface area contributed by atoms with Crippen molar-refractivity contribution in [2.45, 2.75) is 12.8 Å². The molecule has 0 saturated carbocycles. The molecule has 0 N–H and O–H groups in total. The van der Waals surface area contributed by atoms with Gasteiger partial charge in [-0.15, -0.1) is 0 Å². The molecule has 0 heterocycles. The summed E-state index contributed by atoms with van der Waals surface area (Å²) in [5, 5.41) is 0. The number of carbonyl (C=O) groups excluding carboxylic acids is 2. The molecule has 0 aliphatic carbocycles. The third-order valence-electron chi connectivity index (χ3n) is 3.21. The Kier molecular flexibility index (Phi) is 6.35. The van der Waals surface area contributed by atoms with Crippen molar-refractivity contribution < 1.29 is 37.0 Å². The van der Waals surface area contributed by atoms with Gasteiger partial charge in [-0.3, -0.25) is 0 Å². The van der Waals surface area contributed by atoms with E-state index in [1.165, 1.54) is 55.6 Å². The highest BCUT2D eigenvalue weighted by Gasteiger charge is 2.27. The highest BCUT2D eigenvalue weighted by Crippen LogP contribution is 2.17. The predicted octanol–water partition coefficient (Wildman–Crippen LogP) is 3.77. The lowest BCUT2D eigenvalue weighted by Gasteiger charge is -2.08. The van der Waals surface area contributed by atoms with E-state index in [1.807, 2.05) is 0 Å². The Bertz CT molecular complexity index is 752. The Hall–Kier alpha value is -2.87. The molecule has 0 aliphatic rings. The first-order chi connectivity index (χ1) is 12.3. The van der Waals surface area contributed by atoms with Gasteiger partial charge in [0.1, 0.15) is 12.4 Å². The smallest absolute Gasteiger partial charge is 0.411 e. The van der Waals surface area contributed by atoms with Crippen molar-refractivity contribution in [3.8, 4) is 5.75 Å². The second-order valence-corrected chi connectivity index (χ2v) is 5.21. The summed E-state index contributed by atoms with van der Waals surface area (Å²) in [5.41, 5.74) is 1.03. The molecule has 2 rings (SSSR count). The Morgan fingerprint density at radius 2 is 1.42 bits per heavy atom. The highest BCUT2D eigenvalue weighted by atomic mass is 19.4. The molecule has 0 saturated heterocycles. The first kappa shape index (κ1) is 19.5. The minimum atomic E-state index is -4.38. The van der Waals surface area contributed by atoms with Crippen LogP contribution in [0.5, 0.6) is 5.75 Å². The van der Waals surface area contributed by atoms with Crippen LogP contribution in [0.15, 0.2) is 48.5 Å². The van der Waals surface area contributed by atoms with Gasteiger partial charge in [-0.1, -0.05) is 12.1 Å². The summed E-state index contributed by atoms with van der Waals surface area (Å²) in [5.74, 6) is -0.912. The lowest BCUT2D eigenvalue weighted by Crippen LogP contribution is -2.16. The molecule has 0 unspecified atom stereocenters. The summed E-state index contributed by atoms with van der Waals surface area (Å²) in [6.45, 7) is -1.55. The second-order valence-electron chi connectivity index (χ2n) is 5.21. The molecule has 0 radical (unpaired) electrons. The summed E-state index contributed by atoms with van der Waals surface area (Å²) < 4.78 is 50.3. The molecule has 0 bridgehead atoms. The van der Waals surface area contributed by atoms with Crippen LogP contribution < -0.4 is 4.74 Å². The second kappa shape index (κ2) is 8.48. The van der Waals surface area contributed by atoms with Gasteiger partial charge in [0.2, 0.25) is 0 Å². The van der Waals surface area contributed by atoms with Gasteiger partial charge < -0.3 is 14.2 Å². The lowest BCUT2D eigenvalue weighted by molar-refractivity contribution is -0.176. The van der Waals surface area contributed by atoms with Crippen molar-refractivity contribution in [3.05, 3.63) is 65.2 Å². The maximum absolute atomic E-state index is 12.1. The van der Waals surface area contributed by atoms with Crippen LogP contribution in [0.2, 0.25) is 0 Å². The topological polar surface area (TPSA) is 61.8 Å². The molecule has 0 spiro atoms. The molecule has 0 aliphatic heterocycles. The van der Waals surface area contributed by atoms with Crippen LogP contribution in [0, 0.1) is 0 Å². The van der Waals surface area contributed by atoms with E-state index in [4.69, 9.17) is 4.74 Å². The van der Waals surface area contributed by atoms with Crippen LogP contribution in [0.4, 0.5) is 13.2 Å². The summed E-state index contributed by atoms with van der Waals surface area (Å²) >= 11 is 0. The standard InChI is InChI=1S/C18H15F3O5/c1-24-16(22)13-6-8-15(9-7-13)26-17(23)14-4-2-12(3-5-14)10-25-11-18(19,20)21/h2-9H,10-11H2,1H3. The summed E-state index contributed by atoms with van der Waals surface area (Å²) in [6.07, 6.45) is -4.38. The van der Waals surface area contributed by atoms with Crippen molar-refractivity contribution in [2.75, 3.05) is 13.7 Å². The largest absolute Gasteiger partial charge is 0.465 e. The van der Waals surface area contributed by atoms with Crippen molar-refractivity contribution in [3.63, 3.8) is 0 Å². The third kappa shape index (κ3) is 5.89. The van der Waals surface area contributed by atoms with Crippen molar-refractivity contribution >= 4 is 11.9 Å². The van der Waals surface area contributed by atoms with E-state index in [2.05, 4.69) is 9.47 Å². The van der Waals surface area contributed by atoms with Gasteiger partial charge in [-0.25, -0.2) is 9.59 Å². The van der Waals surface area contributed by atoms with E-state index >= 15 is 0 Å². The van der Waals surface area contributed by atoms with E-state index in [1.54, 1.807) is 0 Å². The minimum Gasteiger partial charge on any atom is -0.465 e. The molecular formula is C18H15F3O5. The Morgan fingerprint density at radius 3 is 1.96 bits per heavy atom. The SMILES string of the molecule is COC(=O)c1ccc(OC(=O)c2ccc(COCC(F)(F)F)cc2)cc1. The monoisotopic (exact) mass is 368 g/mol. The van der Waals surface area contributed by atoms with Gasteiger partial charge in [-0.2, -0.15) is 13.2 Å². The fraction of sp³-hybridized carbons (Fsp3) is 0.222. The van der Waals surface area contributed by atoms with E-state index in [0.717, 1.165) is 0 Å². The average molecular weight is 368 g/mol. The van der Waals surface area contributed by atoms with Crippen molar-refractivity contribution in [1.82, 2.24) is 0 Å². The normalized spacial score (nSPS) is 11.1. The van der Waals surface area contributed by atoms with E-state index < -0.39 is 24.7 Å². The first-order valence-electron chi connectivity index (χ1n) is 7.42. The number of hydrogen-bond donors (Lipinski definition) is 0. The molecule has 5 nitrogen and oxygen atoms in total. The number of esters is 2. The number of alkyl halides is 3. The first-order valence-corrected chi connectivity index (χ1v) is 7.42. The molecule has 2 aromatic carbocycles. The highest BCUT2D eigenvalue weighted by molar-refractivity contribution is 5.92. The fourth-order valence-electron chi connectivity index (χ4n) is 1.96. The Labute approximate surface area is 147 Å². The van der Waals surface area contributed by atoms with Crippen LogP contribution in [0.25, 0.3) is 0 Å². The quantitative estimate of drug-likeness (QED) is 0.574. The van der Waals surface area contributed by atoms with E-state index in [-0.39, 0.29) is 17.9 Å². The fourth-order valence-corrected chi connectivity index (χ4v) is 1.96. The molecule has 0 atom stereocenters. The molecule has 8 heteroatoms. The number of methoxy groups -OCH3 is 1. The van der Waals surface area contributed by atoms with Crippen LogP contribution >= 0.6 is 0 Å². The summed E-state index contributed by atoms with van der Waals surface area (Å²) in [6, 6.07) is 11.6. The average Bonchev–Trinajstić information content (AvgIpc) is 2.61. The summed E-state index contributed by atoms with van der Waals surface area (Å²) in [7, 11) is 1.26. The Morgan fingerprint density at radius 1 is 0.885 bits per heavy atom. The maximum atomic E-state index is 12.1. The number of ether oxygens (including phenoxy) is 3. The molecule has 26 heavy (non-hydrogen) atoms. The zero-order chi connectivity index (χ0) is 19.2. The van der Waals surface area contributed by atoms with Crippen LogP contribution in [0.3, 0.4) is 0 Å². The molecule has 0 fully saturated rings. The maximum Gasteiger partial charge on any atom is 0.411 e. The molecule has 0 amide bonds. The number of carbonyl (C=O) groups is 2. The number of halogens is 3. The van der Waals surface area contributed by atoms with Gasteiger partial charge in [0.05, 0.1) is 24.8 Å². The molecule has 138 valence electrons. The zero-order valence-corrected chi connectivity index (χ0v) is 13.7. The van der Waals surface area contributed by atoms with Gasteiger partial charge in [0, 0.05) is 0 Å². The zero-order valence-electron chi connectivity index (χ0n) is 13.7. The molecular weight excluding hydrogens is 353 g/mol. The van der Waals surface area contributed by atoms with Gasteiger partial charge in [0.25, 0.3) is 0 Å². The molecule has 0 aromatic heterocycles. The molecule has 2 aromatic rings.